The van der Waals surface area contributed by atoms with Gasteiger partial charge < -0.3 is 25.2 Å². The Morgan fingerprint density at radius 1 is 1.05 bits per heavy atom. The maximum Gasteiger partial charge on any atom is 0.320 e. The van der Waals surface area contributed by atoms with Crippen LogP contribution >= 0.6 is 0 Å². The summed E-state index contributed by atoms with van der Waals surface area (Å²) < 4.78 is 11.1. The van der Waals surface area contributed by atoms with Gasteiger partial charge in [-0.25, -0.2) is 0 Å². The normalized spacial score (nSPS) is 32.6. The van der Waals surface area contributed by atoms with E-state index in [1.807, 2.05) is 6.92 Å². The lowest BCUT2D eigenvalue weighted by atomic mass is 9.73. The fourth-order valence-electron chi connectivity index (χ4n) is 7.35. The summed E-state index contributed by atoms with van der Waals surface area (Å²) in [5.74, 6) is -1.22. The number of hydrogen-bond donors (Lipinski definition) is 2. The Labute approximate surface area is 239 Å². The summed E-state index contributed by atoms with van der Waals surface area (Å²) in [5.41, 5.74) is 3.78. The van der Waals surface area contributed by atoms with Gasteiger partial charge in [-0.05, 0) is 81.5 Å². The minimum atomic E-state index is -1.62. The number of esters is 1. The van der Waals surface area contributed by atoms with Crippen LogP contribution in [-0.4, -0.2) is 77.5 Å². The van der Waals surface area contributed by atoms with Gasteiger partial charge in [-0.1, -0.05) is 40.0 Å². The first-order valence-electron chi connectivity index (χ1n) is 15.6. The summed E-state index contributed by atoms with van der Waals surface area (Å²) in [6, 6.07) is -0.598. The van der Waals surface area contributed by atoms with Crippen molar-refractivity contribution in [3.63, 3.8) is 0 Å². The summed E-state index contributed by atoms with van der Waals surface area (Å²) >= 11 is 0. The second-order valence-electron chi connectivity index (χ2n) is 12.6. The Morgan fingerprint density at radius 3 is 2.42 bits per heavy atom. The number of ketones is 2. The van der Waals surface area contributed by atoms with Crippen LogP contribution in [0.25, 0.3) is 0 Å². The molecule has 8 atom stereocenters. The fraction of sp³-hybridized carbons (Fsp3) is 0.871. The van der Waals surface area contributed by atoms with Crippen molar-refractivity contribution in [2.45, 2.75) is 128 Å². The number of hydrogen-bond acceptors (Lipinski definition) is 8. The summed E-state index contributed by atoms with van der Waals surface area (Å²) in [4.78, 5) is 53.5. The van der Waals surface area contributed by atoms with Crippen LogP contribution in [0.4, 0.5) is 0 Å². The van der Waals surface area contributed by atoms with E-state index in [-0.39, 0.29) is 42.3 Å². The van der Waals surface area contributed by atoms with Gasteiger partial charge in [-0.3, -0.25) is 19.2 Å². The molecule has 0 bridgehead atoms. The van der Waals surface area contributed by atoms with Crippen molar-refractivity contribution in [2.24, 2.45) is 29.4 Å². The Balaban J connectivity index is 1.60. The molecule has 1 heterocycles. The monoisotopic (exact) mass is 564 g/mol. The Morgan fingerprint density at radius 2 is 1.77 bits per heavy atom. The van der Waals surface area contributed by atoms with Gasteiger partial charge in [-0.15, -0.1) is 0 Å². The number of rotatable bonds is 12. The number of ether oxygens (including phenoxy) is 2. The first-order chi connectivity index (χ1) is 19.0. The SMILES string of the molecule is CCC(CC(=O)C1CCCCN1C(=O)C(=O)C1(O)CCCCC1C)C(C)CC1CCC(OC(=O)CN)[C@H](OC)C1. The lowest BCUT2D eigenvalue weighted by Crippen LogP contribution is -2.58. The lowest BCUT2D eigenvalue weighted by molar-refractivity contribution is -0.163. The van der Waals surface area contributed by atoms with Crippen LogP contribution in [0.3, 0.4) is 0 Å². The van der Waals surface area contributed by atoms with Crippen molar-refractivity contribution in [1.82, 2.24) is 4.90 Å². The molecule has 0 spiro atoms. The molecule has 0 radical (unpaired) electrons. The maximum atomic E-state index is 13.6. The molecule has 2 saturated carbocycles. The molecule has 0 aromatic carbocycles. The number of aliphatic hydroxyl groups is 1. The highest BCUT2D eigenvalue weighted by Crippen LogP contribution is 2.37. The third-order valence-electron chi connectivity index (χ3n) is 10.1. The molecule has 7 unspecified atom stereocenters. The molecule has 3 aliphatic rings. The van der Waals surface area contributed by atoms with E-state index in [4.69, 9.17) is 15.2 Å². The third kappa shape index (κ3) is 7.71. The first kappa shape index (κ1) is 32.7. The van der Waals surface area contributed by atoms with Gasteiger partial charge in [0.15, 0.2) is 5.78 Å². The van der Waals surface area contributed by atoms with E-state index in [2.05, 4.69) is 13.8 Å². The van der Waals surface area contributed by atoms with Crippen molar-refractivity contribution in [1.29, 1.82) is 0 Å². The van der Waals surface area contributed by atoms with E-state index in [9.17, 15) is 24.3 Å². The molecular formula is C31H52N2O7. The van der Waals surface area contributed by atoms with Crippen LogP contribution in [0.5, 0.6) is 0 Å². The average Bonchev–Trinajstić information content (AvgIpc) is 2.96. The quantitative estimate of drug-likeness (QED) is 0.271. The van der Waals surface area contributed by atoms with Gasteiger partial charge in [0.25, 0.3) is 11.7 Å². The molecule has 1 saturated heterocycles. The summed E-state index contributed by atoms with van der Waals surface area (Å²) in [5, 5.41) is 11.1. The summed E-state index contributed by atoms with van der Waals surface area (Å²) in [6.07, 6.45) is 9.05. The van der Waals surface area contributed by atoms with Crippen LogP contribution in [0.1, 0.15) is 104 Å². The maximum absolute atomic E-state index is 13.6. The number of nitrogens with zero attached hydrogens (tertiary/aromatic N) is 1. The van der Waals surface area contributed by atoms with E-state index in [0.29, 0.717) is 31.7 Å². The van der Waals surface area contributed by atoms with E-state index >= 15 is 0 Å². The first-order valence-corrected chi connectivity index (χ1v) is 15.6. The molecule has 9 nitrogen and oxygen atoms in total. The van der Waals surface area contributed by atoms with Gasteiger partial charge in [-0.2, -0.15) is 0 Å². The van der Waals surface area contributed by atoms with Crippen LogP contribution in [-0.2, 0) is 28.7 Å². The van der Waals surface area contributed by atoms with Gasteiger partial charge in [0.05, 0.1) is 18.7 Å². The molecule has 1 amide bonds. The molecule has 3 N–H and O–H groups in total. The number of Topliss-reactive ketones (excluding diaryl/α,β-unsaturated/α-hetero) is 2. The van der Waals surface area contributed by atoms with Crippen molar-refractivity contribution in [3.05, 3.63) is 0 Å². The number of piperidine rings is 1. The molecule has 9 heteroatoms. The second kappa shape index (κ2) is 14.9. The number of carbonyl (C=O) groups excluding carboxylic acids is 4. The van der Waals surface area contributed by atoms with E-state index < -0.39 is 29.3 Å². The largest absolute Gasteiger partial charge is 0.459 e. The minimum absolute atomic E-state index is 0.0235. The van der Waals surface area contributed by atoms with Gasteiger partial charge in [0, 0.05) is 20.1 Å². The Bertz CT molecular complexity index is 895. The molecule has 3 rings (SSSR count). The number of amides is 1. The van der Waals surface area contributed by atoms with E-state index in [1.165, 1.54) is 4.90 Å². The van der Waals surface area contributed by atoms with E-state index in [1.54, 1.807) is 7.11 Å². The molecule has 1 aliphatic heterocycles. The number of carbonyl (C=O) groups is 4. The molecule has 3 fully saturated rings. The zero-order chi connectivity index (χ0) is 29.4. The van der Waals surface area contributed by atoms with Crippen molar-refractivity contribution in [2.75, 3.05) is 20.2 Å². The van der Waals surface area contributed by atoms with Crippen LogP contribution < -0.4 is 5.73 Å². The highest BCUT2D eigenvalue weighted by molar-refractivity contribution is 6.39. The minimum Gasteiger partial charge on any atom is -0.459 e. The molecule has 0 aromatic rings. The highest BCUT2D eigenvalue weighted by Gasteiger charge is 2.48. The number of methoxy groups -OCH3 is 1. The van der Waals surface area contributed by atoms with Gasteiger partial charge in [0.2, 0.25) is 0 Å². The zero-order valence-electron chi connectivity index (χ0n) is 25.1. The van der Waals surface area contributed by atoms with Crippen LogP contribution in [0.15, 0.2) is 0 Å². The lowest BCUT2D eigenvalue weighted by Gasteiger charge is -2.40. The molecular weight excluding hydrogens is 512 g/mol. The smallest absolute Gasteiger partial charge is 0.320 e. The van der Waals surface area contributed by atoms with E-state index in [0.717, 1.165) is 64.2 Å². The van der Waals surface area contributed by atoms with Gasteiger partial charge in [0.1, 0.15) is 11.7 Å². The van der Waals surface area contributed by atoms with Crippen molar-refractivity contribution < 1.29 is 33.8 Å². The second-order valence-corrected chi connectivity index (χ2v) is 12.6. The standard InChI is InChI=1S/C31H52N2O7/c1-5-23(20(2)16-22-12-13-26(27(17-22)39-4)40-28(35)19-32)18-25(34)24-11-7-9-15-33(24)30(37)29(36)31(38)14-8-6-10-21(31)3/h20-24,26-27,38H,5-19,32H2,1-4H3/t20?,21?,22?,23?,24?,26?,27-,31?/m1/s1. The van der Waals surface area contributed by atoms with Crippen LogP contribution in [0.2, 0.25) is 0 Å². The summed E-state index contributed by atoms with van der Waals surface area (Å²) in [6.45, 7) is 6.37. The van der Waals surface area contributed by atoms with Gasteiger partial charge >= 0.3 is 5.97 Å². The van der Waals surface area contributed by atoms with Crippen molar-refractivity contribution >= 4 is 23.4 Å². The topological polar surface area (TPSA) is 136 Å². The molecule has 0 aromatic heterocycles. The third-order valence-corrected chi connectivity index (χ3v) is 10.1. The molecule has 228 valence electrons. The van der Waals surface area contributed by atoms with Crippen molar-refractivity contribution in [3.8, 4) is 0 Å². The highest BCUT2D eigenvalue weighted by atomic mass is 16.6. The Hall–Kier alpha value is -1.84. The predicted octanol–water partition coefficient (Wildman–Crippen LogP) is 3.58. The summed E-state index contributed by atoms with van der Waals surface area (Å²) in [7, 11) is 1.64. The number of nitrogens with two attached hydrogens (primary N) is 1. The van der Waals surface area contributed by atoms with Crippen LogP contribution in [0, 0.1) is 23.7 Å². The Kier molecular flexibility index (Phi) is 12.1. The fourth-order valence-corrected chi connectivity index (χ4v) is 7.35. The average molecular weight is 565 g/mol. The predicted molar refractivity (Wildman–Crippen MR) is 151 cm³/mol. The molecule has 2 aliphatic carbocycles. The zero-order valence-corrected chi connectivity index (χ0v) is 25.1. The molecule has 40 heavy (non-hydrogen) atoms. The number of likely N-dealkylation sites (tertiary alicyclic amines) is 1.